The third kappa shape index (κ3) is 4.35. The number of hydrogen-bond acceptors (Lipinski definition) is 5. The summed E-state index contributed by atoms with van der Waals surface area (Å²) in [6, 6.07) is 0. The van der Waals surface area contributed by atoms with Crippen LogP contribution >= 0.6 is 11.8 Å². The molecule has 0 aromatic carbocycles. The maximum Gasteiger partial charge on any atom is 0.239 e. The van der Waals surface area contributed by atoms with Crippen molar-refractivity contribution in [3.05, 3.63) is 0 Å². The average molecular weight is 300 g/mol. The van der Waals surface area contributed by atoms with Gasteiger partial charge in [0, 0.05) is 63.9 Å². The number of nitrogens with one attached hydrogen (secondary N) is 2. The van der Waals surface area contributed by atoms with Crippen molar-refractivity contribution in [1.29, 1.82) is 0 Å². The predicted molar refractivity (Wildman–Crippen MR) is 85.3 cm³/mol. The van der Waals surface area contributed by atoms with E-state index in [4.69, 9.17) is 0 Å². The molecule has 2 saturated heterocycles. The molecule has 0 bridgehead atoms. The van der Waals surface area contributed by atoms with Crippen LogP contribution < -0.4 is 10.6 Å². The van der Waals surface area contributed by atoms with Crippen LogP contribution in [0, 0.1) is 0 Å². The predicted octanol–water partition coefficient (Wildman–Crippen LogP) is -0.165. The number of thioether (sulfide) groups is 1. The van der Waals surface area contributed by atoms with E-state index in [1.165, 1.54) is 11.5 Å². The lowest BCUT2D eigenvalue weighted by molar-refractivity contribution is -0.132. The van der Waals surface area contributed by atoms with Gasteiger partial charge < -0.3 is 10.6 Å². The molecule has 2 N–H and O–H groups in total. The van der Waals surface area contributed by atoms with Gasteiger partial charge in [-0.1, -0.05) is 0 Å². The van der Waals surface area contributed by atoms with Crippen LogP contribution in [0.2, 0.25) is 0 Å². The summed E-state index contributed by atoms with van der Waals surface area (Å²) in [6.07, 6.45) is 0. The highest BCUT2D eigenvalue weighted by Crippen LogP contribution is 2.15. The molecule has 0 aromatic rings. The second-order valence-corrected chi connectivity index (χ2v) is 7.23. The van der Waals surface area contributed by atoms with Gasteiger partial charge in [0.1, 0.15) is 0 Å². The molecule has 116 valence electrons. The molecule has 0 unspecified atom stereocenters. The highest BCUT2D eigenvalue weighted by atomic mass is 32.2. The van der Waals surface area contributed by atoms with Gasteiger partial charge in [0.25, 0.3) is 0 Å². The third-order valence-corrected chi connectivity index (χ3v) is 5.22. The van der Waals surface area contributed by atoms with Crippen LogP contribution in [-0.4, -0.2) is 85.1 Å². The first-order chi connectivity index (χ1) is 9.60. The van der Waals surface area contributed by atoms with Gasteiger partial charge in [-0.25, -0.2) is 0 Å². The smallest absolute Gasteiger partial charge is 0.239 e. The molecule has 0 atom stereocenters. The van der Waals surface area contributed by atoms with E-state index >= 15 is 0 Å². The molecule has 2 rings (SSSR count). The Balaban J connectivity index is 1.72. The van der Waals surface area contributed by atoms with Crippen molar-refractivity contribution >= 4 is 17.7 Å². The Morgan fingerprint density at radius 2 is 1.85 bits per heavy atom. The Bertz CT molecular complexity index is 312. The Morgan fingerprint density at radius 3 is 2.50 bits per heavy atom. The van der Waals surface area contributed by atoms with E-state index in [2.05, 4.69) is 20.4 Å². The lowest BCUT2D eigenvalue weighted by Gasteiger charge is -2.40. The second-order valence-electron chi connectivity index (χ2n) is 6.01. The molecule has 5 nitrogen and oxygen atoms in total. The lowest BCUT2D eigenvalue weighted by atomic mass is 10.0. The molecule has 20 heavy (non-hydrogen) atoms. The molecule has 0 aromatic heterocycles. The number of carbonyl (C=O) groups is 1. The van der Waals surface area contributed by atoms with Crippen LogP contribution in [0.15, 0.2) is 0 Å². The number of amides is 1. The van der Waals surface area contributed by atoms with Crippen molar-refractivity contribution in [3.63, 3.8) is 0 Å². The molecular formula is C14H28N4OS. The van der Waals surface area contributed by atoms with Crippen molar-refractivity contribution < 1.29 is 4.79 Å². The van der Waals surface area contributed by atoms with Crippen LogP contribution in [0.4, 0.5) is 0 Å². The molecular weight excluding hydrogens is 272 g/mol. The van der Waals surface area contributed by atoms with E-state index in [-0.39, 0.29) is 5.91 Å². The van der Waals surface area contributed by atoms with Crippen LogP contribution in [0.25, 0.3) is 0 Å². The van der Waals surface area contributed by atoms with Gasteiger partial charge in [-0.3, -0.25) is 14.6 Å². The zero-order valence-electron chi connectivity index (χ0n) is 12.8. The van der Waals surface area contributed by atoms with Crippen LogP contribution in [0.5, 0.6) is 0 Å². The standard InChI is InChI=1S/C14H28N4OS/c1-14(2,18-7-3-15-4-8-18)13(19)16-5-6-17-9-11-20-12-10-17/h15H,3-12H2,1-2H3,(H,16,19). The average Bonchev–Trinajstić information content (AvgIpc) is 2.49. The summed E-state index contributed by atoms with van der Waals surface area (Å²) in [5.74, 6) is 2.60. The normalized spacial score (nSPS) is 22.7. The van der Waals surface area contributed by atoms with Gasteiger partial charge in [-0.2, -0.15) is 11.8 Å². The number of nitrogens with zero attached hydrogens (tertiary/aromatic N) is 2. The summed E-state index contributed by atoms with van der Waals surface area (Å²) in [4.78, 5) is 17.1. The van der Waals surface area contributed by atoms with E-state index in [0.717, 1.165) is 52.4 Å². The van der Waals surface area contributed by atoms with Crippen molar-refractivity contribution in [2.45, 2.75) is 19.4 Å². The summed E-state index contributed by atoms with van der Waals surface area (Å²) in [5.41, 5.74) is -0.403. The zero-order chi connectivity index (χ0) is 14.4. The number of carbonyl (C=O) groups excluding carboxylic acids is 1. The first-order valence-corrected chi connectivity index (χ1v) is 8.80. The summed E-state index contributed by atoms with van der Waals surface area (Å²) in [6.45, 7) is 12.0. The molecule has 0 spiro atoms. The minimum absolute atomic E-state index is 0.158. The number of hydrogen-bond donors (Lipinski definition) is 2. The molecule has 0 saturated carbocycles. The Kier molecular flexibility index (Phi) is 6.14. The first-order valence-electron chi connectivity index (χ1n) is 7.65. The monoisotopic (exact) mass is 300 g/mol. The zero-order valence-corrected chi connectivity index (χ0v) is 13.6. The molecule has 2 aliphatic heterocycles. The van der Waals surface area contributed by atoms with Gasteiger partial charge in [-0.05, 0) is 13.8 Å². The molecule has 2 heterocycles. The summed E-state index contributed by atoms with van der Waals surface area (Å²) in [5, 5.41) is 6.45. The molecule has 6 heteroatoms. The largest absolute Gasteiger partial charge is 0.353 e. The van der Waals surface area contributed by atoms with Gasteiger partial charge in [-0.15, -0.1) is 0 Å². The van der Waals surface area contributed by atoms with Gasteiger partial charge in [0.15, 0.2) is 0 Å². The van der Waals surface area contributed by atoms with Gasteiger partial charge in [0.2, 0.25) is 5.91 Å². The fraction of sp³-hybridized carbons (Fsp3) is 0.929. The van der Waals surface area contributed by atoms with Crippen molar-refractivity contribution in [1.82, 2.24) is 20.4 Å². The van der Waals surface area contributed by atoms with Crippen molar-refractivity contribution in [2.75, 3.05) is 63.9 Å². The van der Waals surface area contributed by atoms with Crippen LogP contribution in [0.3, 0.4) is 0 Å². The maximum absolute atomic E-state index is 12.4. The highest BCUT2D eigenvalue weighted by molar-refractivity contribution is 7.99. The highest BCUT2D eigenvalue weighted by Gasteiger charge is 2.34. The Hall–Kier alpha value is -0.300. The van der Waals surface area contributed by atoms with E-state index in [9.17, 15) is 4.79 Å². The topological polar surface area (TPSA) is 47.6 Å². The van der Waals surface area contributed by atoms with Crippen LogP contribution in [0.1, 0.15) is 13.8 Å². The SMILES string of the molecule is CC(C)(C(=O)NCCN1CCSCC1)N1CCNCC1. The fourth-order valence-electron chi connectivity index (χ4n) is 2.74. The molecule has 0 radical (unpaired) electrons. The molecule has 1 amide bonds. The summed E-state index contributed by atoms with van der Waals surface area (Å²) in [7, 11) is 0. The van der Waals surface area contributed by atoms with E-state index in [0.29, 0.717) is 0 Å². The second kappa shape index (κ2) is 7.64. The number of piperazine rings is 1. The van der Waals surface area contributed by atoms with Gasteiger partial charge >= 0.3 is 0 Å². The molecule has 2 aliphatic rings. The summed E-state index contributed by atoms with van der Waals surface area (Å²) < 4.78 is 0. The quantitative estimate of drug-likeness (QED) is 0.739. The summed E-state index contributed by atoms with van der Waals surface area (Å²) >= 11 is 2.02. The fourth-order valence-corrected chi connectivity index (χ4v) is 3.71. The Labute approximate surface area is 126 Å². The Morgan fingerprint density at radius 1 is 1.20 bits per heavy atom. The minimum Gasteiger partial charge on any atom is -0.353 e. The molecule has 0 aliphatic carbocycles. The van der Waals surface area contributed by atoms with Crippen LogP contribution in [-0.2, 0) is 4.79 Å². The van der Waals surface area contributed by atoms with E-state index < -0.39 is 5.54 Å². The molecule has 2 fully saturated rings. The lowest BCUT2D eigenvalue weighted by Crippen LogP contribution is -2.60. The van der Waals surface area contributed by atoms with E-state index in [1.807, 2.05) is 25.6 Å². The van der Waals surface area contributed by atoms with Crippen molar-refractivity contribution in [2.24, 2.45) is 0 Å². The first kappa shape index (κ1) is 16.1. The number of rotatable bonds is 5. The third-order valence-electron chi connectivity index (χ3n) is 4.28. The van der Waals surface area contributed by atoms with Crippen molar-refractivity contribution in [3.8, 4) is 0 Å². The minimum atomic E-state index is -0.403. The van der Waals surface area contributed by atoms with Gasteiger partial charge in [0.05, 0.1) is 5.54 Å². The maximum atomic E-state index is 12.4. The van der Waals surface area contributed by atoms with E-state index in [1.54, 1.807) is 0 Å².